The first-order valence-corrected chi connectivity index (χ1v) is 8.63. The van der Waals surface area contributed by atoms with Crippen molar-refractivity contribution in [3.8, 4) is 0 Å². The van der Waals surface area contributed by atoms with Crippen LogP contribution in [-0.4, -0.2) is 20.4 Å². The second-order valence-electron chi connectivity index (χ2n) is 5.22. The van der Waals surface area contributed by atoms with Crippen LogP contribution in [-0.2, 0) is 21.0 Å². The summed E-state index contributed by atoms with van der Waals surface area (Å²) in [5.41, 5.74) is -0.616. The molecule has 2 rings (SSSR count). The number of sulfonamides is 1. The quantitative estimate of drug-likeness (QED) is 0.847. The number of para-hydroxylation sites is 1. The zero-order valence-corrected chi connectivity index (χ0v) is 13.9. The van der Waals surface area contributed by atoms with Crippen molar-refractivity contribution in [2.75, 3.05) is 5.32 Å². The molecule has 25 heavy (non-hydrogen) atoms. The molecular weight excluding hydrogens is 357 g/mol. The molecule has 0 saturated carbocycles. The van der Waals surface area contributed by atoms with Crippen LogP contribution in [0.2, 0.25) is 0 Å². The zero-order chi connectivity index (χ0) is 18.7. The van der Waals surface area contributed by atoms with Gasteiger partial charge in [-0.05, 0) is 37.3 Å². The number of nitrogens with one attached hydrogen (secondary N) is 2. The van der Waals surface area contributed by atoms with Crippen LogP contribution in [0, 0.1) is 0 Å². The average Bonchev–Trinajstić information content (AvgIpc) is 2.54. The Morgan fingerprint density at radius 3 is 2.28 bits per heavy atom. The fourth-order valence-electron chi connectivity index (χ4n) is 1.97. The number of carbonyl (C=O) groups excluding carboxylic acids is 1. The van der Waals surface area contributed by atoms with Gasteiger partial charge in [0.05, 0.1) is 16.5 Å². The lowest BCUT2D eigenvalue weighted by Gasteiger charge is -2.15. The van der Waals surface area contributed by atoms with E-state index in [1.165, 1.54) is 6.92 Å². The number of benzene rings is 2. The Hall–Kier alpha value is -2.39. The molecule has 0 heterocycles. The molecule has 0 fully saturated rings. The van der Waals surface area contributed by atoms with Crippen LogP contribution >= 0.6 is 0 Å². The van der Waals surface area contributed by atoms with Crippen molar-refractivity contribution in [2.24, 2.45) is 0 Å². The van der Waals surface area contributed by atoms with E-state index in [1.807, 2.05) is 0 Å². The van der Waals surface area contributed by atoms with Crippen LogP contribution in [0.4, 0.5) is 18.9 Å². The molecule has 0 aliphatic rings. The van der Waals surface area contributed by atoms with Gasteiger partial charge in [-0.3, -0.25) is 4.79 Å². The Morgan fingerprint density at radius 1 is 1.04 bits per heavy atom. The van der Waals surface area contributed by atoms with Crippen LogP contribution in [0.3, 0.4) is 0 Å². The number of halogens is 3. The average molecular weight is 372 g/mol. The Labute approximate surface area is 142 Å². The largest absolute Gasteiger partial charge is 0.416 e. The molecule has 0 saturated heterocycles. The summed E-state index contributed by atoms with van der Waals surface area (Å²) in [6.45, 7) is 1.30. The van der Waals surface area contributed by atoms with Crippen molar-refractivity contribution in [2.45, 2.75) is 24.0 Å². The molecule has 2 aromatic rings. The van der Waals surface area contributed by atoms with E-state index in [-0.39, 0.29) is 0 Å². The highest BCUT2D eigenvalue weighted by Gasteiger charge is 2.32. The lowest BCUT2D eigenvalue weighted by atomic mass is 10.2. The number of carbonyl (C=O) groups is 1. The molecule has 0 radical (unpaired) electrons. The van der Waals surface area contributed by atoms with Gasteiger partial charge < -0.3 is 5.32 Å². The second kappa shape index (κ2) is 7.24. The minimum atomic E-state index is -4.66. The normalized spacial score (nSPS) is 13.3. The van der Waals surface area contributed by atoms with Crippen molar-refractivity contribution in [3.63, 3.8) is 0 Å². The fourth-order valence-corrected chi connectivity index (χ4v) is 3.21. The zero-order valence-electron chi connectivity index (χ0n) is 13.0. The van der Waals surface area contributed by atoms with Crippen molar-refractivity contribution < 1.29 is 26.4 Å². The van der Waals surface area contributed by atoms with E-state index >= 15 is 0 Å². The van der Waals surface area contributed by atoms with Gasteiger partial charge in [0, 0.05) is 5.69 Å². The lowest BCUT2D eigenvalue weighted by Crippen LogP contribution is -2.41. The molecule has 0 aliphatic carbocycles. The summed E-state index contributed by atoms with van der Waals surface area (Å²) in [7, 11) is -4.29. The van der Waals surface area contributed by atoms with E-state index in [9.17, 15) is 26.4 Å². The number of alkyl halides is 3. The summed E-state index contributed by atoms with van der Waals surface area (Å²) < 4.78 is 64.6. The molecule has 5 nitrogen and oxygen atoms in total. The molecule has 1 amide bonds. The number of hydrogen-bond donors (Lipinski definition) is 2. The second-order valence-corrected chi connectivity index (χ2v) is 6.94. The monoisotopic (exact) mass is 372 g/mol. The Bertz CT molecular complexity index is 852. The lowest BCUT2D eigenvalue weighted by molar-refractivity contribution is -0.137. The molecule has 0 spiro atoms. The summed E-state index contributed by atoms with van der Waals surface area (Å²) in [5.74, 6) is -0.637. The van der Waals surface area contributed by atoms with Gasteiger partial charge in [-0.25, -0.2) is 8.42 Å². The van der Waals surface area contributed by atoms with Gasteiger partial charge >= 0.3 is 6.18 Å². The molecule has 0 bridgehead atoms. The Balaban J connectivity index is 2.14. The topological polar surface area (TPSA) is 75.3 Å². The van der Waals surface area contributed by atoms with Crippen molar-refractivity contribution in [1.82, 2.24) is 4.72 Å². The van der Waals surface area contributed by atoms with E-state index in [1.54, 1.807) is 30.3 Å². The van der Waals surface area contributed by atoms with E-state index in [0.29, 0.717) is 11.8 Å². The molecular formula is C16H15F3N2O3S. The van der Waals surface area contributed by atoms with Gasteiger partial charge in [0.15, 0.2) is 0 Å². The number of anilines is 1. The van der Waals surface area contributed by atoms with E-state index in [0.717, 1.165) is 18.2 Å². The molecule has 9 heteroatoms. The molecule has 2 aromatic carbocycles. The van der Waals surface area contributed by atoms with E-state index in [4.69, 9.17) is 0 Å². The smallest absolute Gasteiger partial charge is 0.325 e. The third-order valence-corrected chi connectivity index (χ3v) is 4.78. The van der Waals surface area contributed by atoms with Gasteiger partial charge in [-0.2, -0.15) is 17.9 Å². The fraction of sp³-hybridized carbons (Fsp3) is 0.188. The first-order valence-electron chi connectivity index (χ1n) is 7.15. The van der Waals surface area contributed by atoms with Crippen LogP contribution in [0.15, 0.2) is 59.5 Å². The van der Waals surface area contributed by atoms with Crippen molar-refractivity contribution in [3.05, 3.63) is 60.2 Å². The minimum absolute atomic E-state index is 0.470. The predicted octanol–water partition coefficient (Wildman–Crippen LogP) is 3.01. The summed E-state index contributed by atoms with van der Waals surface area (Å²) in [6.07, 6.45) is -4.66. The summed E-state index contributed by atoms with van der Waals surface area (Å²) in [4.78, 5) is 11.5. The first kappa shape index (κ1) is 18.9. The van der Waals surface area contributed by atoms with Crippen LogP contribution in [0.1, 0.15) is 12.5 Å². The highest BCUT2D eigenvalue weighted by molar-refractivity contribution is 7.89. The third-order valence-electron chi connectivity index (χ3n) is 3.24. The van der Waals surface area contributed by atoms with Crippen LogP contribution < -0.4 is 10.0 Å². The maximum Gasteiger partial charge on any atom is 0.416 e. The van der Waals surface area contributed by atoms with E-state index < -0.39 is 38.6 Å². The standard InChI is InChI=1S/C16H15F3N2O3S/c1-11(15(22)20-13-7-3-2-4-8-13)21-25(23,24)14-9-5-6-12(10-14)16(17,18)19/h2-11,21H,1H3,(H,20,22). The van der Waals surface area contributed by atoms with E-state index in [2.05, 4.69) is 10.0 Å². The first-order chi connectivity index (χ1) is 11.6. The Morgan fingerprint density at radius 2 is 1.68 bits per heavy atom. The van der Waals surface area contributed by atoms with Gasteiger partial charge in [0.2, 0.25) is 15.9 Å². The molecule has 0 aromatic heterocycles. The Kier molecular flexibility index (Phi) is 5.48. The van der Waals surface area contributed by atoms with Crippen molar-refractivity contribution >= 4 is 21.6 Å². The molecule has 1 unspecified atom stereocenters. The number of amides is 1. The molecule has 134 valence electrons. The van der Waals surface area contributed by atoms with Crippen LogP contribution in [0.5, 0.6) is 0 Å². The molecule has 2 N–H and O–H groups in total. The third kappa shape index (κ3) is 5.04. The molecule has 1 atom stereocenters. The van der Waals surface area contributed by atoms with Crippen LogP contribution in [0.25, 0.3) is 0 Å². The SMILES string of the molecule is CC(NS(=O)(=O)c1cccc(C(F)(F)F)c1)C(=O)Nc1ccccc1. The summed E-state index contributed by atoms with van der Waals surface area (Å²) >= 11 is 0. The van der Waals surface area contributed by atoms with Crippen molar-refractivity contribution in [1.29, 1.82) is 0 Å². The highest BCUT2D eigenvalue weighted by atomic mass is 32.2. The maximum absolute atomic E-state index is 12.7. The number of hydrogen-bond acceptors (Lipinski definition) is 3. The highest BCUT2D eigenvalue weighted by Crippen LogP contribution is 2.30. The summed E-state index contributed by atoms with van der Waals surface area (Å²) in [5, 5.41) is 2.51. The van der Waals surface area contributed by atoms with Gasteiger partial charge in [-0.1, -0.05) is 24.3 Å². The summed E-state index contributed by atoms with van der Waals surface area (Å²) in [6, 6.07) is 10.5. The van der Waals surface area contributed by atoms with Gasteiger partial charge in [0.1, 0.15) is 0 Å². The van der Waals surface area contributed by atoms with Gasteiger partial charge in [-0.15, -0.1) is 0 Å². The predicted molar refractivity (Wildman–Crippen MR) is 86.3 cm³/mol. The maximum atomic E-state index is 12.7. The minimum Gasteiger partial charge on any atom is -0.325 e. The van der Waals surface area contributed by atoms with Gasteiger partial charge in [0.25, 0.3) is 0 Å². The number of rotatable bonds is 5. The molecule has 0 aliphatic heterocycles.